The fraction of sp³-hybridized carbons (Fsp3) is 0.927. The molecule has 0 unspecified atom stereocenters. The summed E-state index contributed by atoms with van der Waals surface area (Å²) < 4.78 is 19.2. The van der Waals surface area contributed by atoms with Crippen LogP contribution < -0.4 is 16.8 Å². The maximum absolute atomic E-state index is 13.2. The maximum Gasteiger partial charge on any atom is 0.306 e. The Morgan fingerprint density at radius 1 is 0.808 bits per heavy atom. The Kier molecular flexibility index (Phi) is 17.3. The van der Waals surface area contributed by atoms with Crippen LogP contribution in [0.4, 0.5) is 0 Å². The lowest BCUT2D eigenvalue weighted by atomic mass is 9.91. The molecule has 5 atom stereocenters. The number of hydrogen-bond acceptors (Lipinski definition) is 9. The molecule has 0 aliphatic carbocycles. The lowest BCUT2D eigenvalue weighted by Crippen LogP contribution is -2.68. The molecule has 0 aromatic rings. The van der Waals surface area contributed by atoms with Crippen molar-refractivity contribution in [1.29, 1.82) is 0 Å². The highest BCUT2D eigenvalue weighted by Crippen LogP contribution is 2.46. The molecule has 298 valence electrons. The van der Waals surface area contributed by atoms with Crippen molar-refractivity contribution in [3.8, 4) is 0 Å². The third-order valence-corrected chi connectivity index (χ3v) is 12.3. The summed E-state index contributed by atoms with van der Waals surface area (Å²) in [4.78, 5) is 35.5. The smallest absolute Gasteiger partial charge is 0.306 e. The van der Waals surface area contributed by atoms with Crippen molar-refractivity contribution < 1.29 is 29.5 Å². The predicted molar refractivity (Wildman–Crippen MR) is 205 cm³/mol. The van der Waals surface area contributed by atoms with Crippen molar-refractivity contribution in [3.05, 3.63) is 0 Å². The van der Waals surface area contributed by atoms with Gasteiger partial charge in [-0.25, -0.2) is 4.99 Å². The van der Waals surface area contributed by atoms with Crippen molar-refractivity contribution in [2.45, 2.75) is 203 Å². The zero-order valence-electron chi connectivity index (χ0n) is 32.7. The van der Waals surface area contributed by atoms with Crippen molar-refractivity contribution in [1.82, 2.24) is 15.1 Å². The molecule has 5 aliphatic rings. The molecule has 0 bridgehead atoms. The molecule has 11 nitrogen and oxygen atoms in total. The van der Waals surface area contributed by atoms with Gasteiger partial charge in [-0.3, -0.25) is 9.59 Å². The Morgan fingerprint density at radius 2 is 1.46 bits per heavy atom. The molecular weight excluding hydrogens is 656 g/mol. The van der Waals surface area contributed by atoms with Crippen LogP contribution in [0.5, 0.6) is 0 Å². The number of rotatable bonds is 23. The zero-order chi connectivity index (χ0) is 36.5. The number of esters is 1. The number of aliphatic imine (C=N–C) groups is 1. The van der Waals surface area contributed by atoms with Crippen LogP contribution >= 0.6 is 0 Å². The Labute approximate surface area is 315 Å². The average molecular weight is 732 g/mol. The summed E-state index contributed by atoms with van der Waals surface area (Å²) in [5.41, 5.74) is 8.72. The molecule has 1 amide bonds. The molecule has 0 radical (unpaired) electrons. The maximum atomic E-state index is 13.2. The van der Waals surface area contributed by atoms with Gasteiger partial charge in [0.2, 0.25) is 5.91 Å². The number of nitrogens with zero attached hydrogens (tertiary/aromatic N) is 3. The molecule has 0 aromatic carbocycles. The summed E-state index contributed by atoms with van der Waals surface area (Å²) in [6, 6.07) is 0.388. The molecule has 0 aromatic heterocycles. The quantitative estimate of drug-likeness (QED) is 0.0865. The number of nitrogens with one attached hydrogen (secondary N) is 1. The topological polar surface area (TPSA) is 146 Å². The first-order valence-electron chi connectivity index (χ1n) is 21.9. The fourth-order valence-electron chi connectivity index (χ4n) is 9.41. The Bertz CT molecular complexity index is 1090. The molecule has 6 N–H and O–H groups in total. The number of unbranched alkanes of at least 4 members (excludes halogenated alkanes) is 12. The number of hydrogen-bond donors (Lipinski definition) is 3. The monoisotopic (exact) mass is 732 g/mol. The first-order chi connectivity index (χ1) is 25.5. The summed E-state index contributed by atoms with van der Waals surface area (Å²) in [6.45, 7) is 4.75. The van der Waals surface area contributed by atoms with Gasteiger partial charge in [0.05, 0.1) is 12.6 Å². The van der Waals surface area contributed by atoms with Gasteiger partial charge >= 0.3 is 5.97 Å². The van der Waals surface area contributed by atoms with Crippen LogP contribution in [0.15, 0.2) is 4.99 Å². The summed E-state index contributed by atoms with van der Waals surface area (Å²) in [6.07, 6.45) is 28.5. The van der Waals surface area contributed by atoms with Crippen molar-refractivity contribution >= 4 is 17.8 Å². The first-order valence-corrected chi connectivity index (χ1v) is 21.9. The van der Waals surface area contributed by atoms with E-state index in [0.717, 1.165) is 142 Å². The minimum Gasteiger partial charge on any atom is -0.460 e. The SMILES string of the molecule is NCCCN(CCCC[NH3+])C(=O)CCCCCCCCCCCCCCC(=O)O[C@H]1C[C@H]2C[C@@]3(CCCCCO3)NC3=N[C@@]4(CCCCO4)C[C@@H]1N32. The number of nitrogens with two attached hydrogens (primary N) is 1. The van der Waals surface area contributed by atoms with E-state index in [1.807, 2.05) is 4.90 Å². The molecule has 11 heteroatoms. The van der Waals surface area contributed by atoms with Crippen molar-refractivity contribution in [2.24, 2.45) is 10.7 Å². The van der Waals surface area contributed by atoms with E-state index in [2.05, 4.69) is 16.0 Å². The van der Waals surface area contributed by atoms with E-state index in [9.17, 15) is 9.59 Å². The van der Waals surface area contributed by atoms with E-state index in [1.165, 1.54) is 57.8 Å². The van der Waals surface area contributed by atoms with Crippen LogP contribution in [0.25, 0.3) is 0 Å². The highest BCUT2D eigenvalue weighted by molar-refractivity contribution is 5.84. The van der Waals surface area contributed by atoms with Gasteiger partial charge in [-0.15, -0.1) is 0 Å². The second-order valence-electron chi connectivity index (χ2n) is 16.6. The number of carbonyl (C=O) groups is 2. The van der Waals surface area contributed by atoms with Crippen LogP contribution in [0.2, 0.25) is 0 Å². The van der Waals surface area contributed by atoms with Crippen molar-refractivity contribution in [2.75, 3.05) is 39.4 Å². The first kappa shape index (κ1) is 41.2. The minimum atomic E-state index is -0.509. The Morgan fingerprint density at radius 3 is 2.15 bits per heavy atom. The second-order valence-corrected chi connectivity index (χ2v) is 16.6. The fourth-order valence-corrected chi connectivity index (χ4v) is 9.41. The molecule has 52 heavy (non-hydrogen) atoms. The van der Waals surface area contributed by atoms with Gasteiger partial charge in [0.15, 0.2) is 11.7 Å². The van der Waals surface area contributed by atoms with E-state index in [0.29, 0.717) is 25.3 Å². The van der Waals surface area contributed by atoms with E-state index in [-0.39, 0.29) is 29.9 Å². The van der Waals surface area contributed by atoms with Crippen LogP contribution in [-0.4, -0.2) is 96.7 Å². The number of ether oxygens (including phenoxy) is 3. The molecule has 4 fully saturated rings. The normalized spacial score (nSPS) is 28.3. The van der Waals surface area contributed by atoms with E-state index in [4.69, 9.17) is 24.9 Å². The molecule has 2 spiro atoms. The summed E-state index contributed by atoms with van der Waals surface area (Å²) in [5, 5.41) is 3.77. The Hall–Kier alpha value is -1.95. The van der Waals surface area contributed by atoms with Gasteiger partial charge in [-0.2, -0.15) is 0 Å². The highest BCUT2D eigenvalue weighted by Gasteiger charge is 2.58. The summed E-state index contributed by atoms with van der Waals surface area (Å²) in [5.74, 6) is 1.17. The van der Waals surface area contributed by atoms with Gasteiger partial charge in [0, 0.05) is 64.4 Å². The van der Waals surface area contributed by atoms with Crippen LogP contribution in [0, 0.1) is 0 Å². The standard InChI is InChI=1S/C41H74N6O5/c42-25-16-17-27-46(28-20-26-43)37(48)21-12-9-7-5-3-1-2-4-6-8-10-13-22-38(49)52-36-31-34-32-40(23-14-11-18-29-50-40)44-39-45-41(24-15-19-30-51-41)33-35(36)47(34)39/h34-36H,1-33,42-43H2,(H,44,45)/p+1/t34-,35-,36-,40-,41+/m0/s1. The zero-order valence-corrected chi connectivity index (χ0v) is 32.7. The predicted octanol–water partition coefficient (Wildman–Crippen LogP) is 5.94. The summed E-state index contributed by atoms with van der Waals surface area (Å²) >= 11 is 0. The van der Waals surface area contributed by atoms with Gasteiger partial charge in [0.1, 0.15) is 11.8 Å². The average Bonchev–Trinajstić information content (AvgIpc) is 3.30. The molecule has 4 saturated heterocycles. The highest BCUT2D eigenvalue weighted by atomic mass is 16.5. The van der Waals surface area contributed by atoms with Gasteiger partial charge in [-0.05, 0) is 77.2 Å². The lowest BCUT2D eigenvalue weighted by molar-refractivity contribution is -0.368. The minimum absolute atomic E-state index is 0.0426. The second kappa shape index (κ2) is 21.8. The number of guanidine groups is 1. The number of amides is 1. The van der Waals surface area contributed by atoms with E-state index < -0.39 is 5.72 Å². The third-order valence-electron chi connectivity index (χ3n) is 12.3. The van der Waals surface area contributed by atoms with E-state index in [1.54, 1.807) is 0 Å². The lowest BCUT2D eigenvalue weighted by Gasteiger charge is -2.52. The molecule has 0 saturated carbocycles. The molecule has 5 heterocycles. The third kappa shape index (κ3) is 12.3. The summed E-state index contributed by atoms with van der Waals surface area (Å²) in [7, 11) is 0. The van der Waals surface area contributed by atoms with Gasteiger partial charge in [-0.1, -0.05) is 70.6 Å². The number of carbonyl (C=O) groups excluding carboxylic acids is 2. The van der Waals surface area contributed by atoms with Crippen LogP contribution in [0.3, 0.4) is 0 Å². The Balaban J connectivity index is 0.912. The molecule has 5 aliphatic heterocycles. The molecular formula is C41H75N6O5+. The largest absolute Gasteiger partial charge is 0.460 e. The van der Waals surface area contributed by atoms with Gasteiger partial charge in [0.25, 0.3) is 0 Å². The molecule has 5 rings (SSSR count). The van der Waals surface area contributed by atoms with Gasteiger partial charge < -0.3 is 40.8 Å². The van der Waals surface area contributed by atoms with Crippen molar-refractivity contribution in [3.63, 3.8) is 0 Å². The van der Waals surface area contributed by atoms with Crippen LogP contribution in [0.1, 0.15) is 173 Å². The van der Waals surface area contributed by atoms with Crippen LogP contribution in [-0.2, 0) is 23.8 Å². The number of quaternary nitrogens is 1. The van der Waals surface area contributed by atoms with E-state index >= 15 is 0 Å².